The molecule has 30 heavy (non-hydrogen) atoms. The van der Waals surface area contributed by atoms with Gasteiger partial charge in [-0.25, -0.2) is 4.98 Å². The Morgan fingerprint density at radius 3 is 2.60 bits per heavy atom. The lowest BCUT2D eigenvalue weighted by atomic mass is 10.2. The maximum absolute atomic E-state index is 13.1. The Morgan fingerprint density at radius 2 is 1.90 bits per heavy atom. The third kappa shape index (κ3) is 5.22. The van der Waals surface area contributed by atoms with Crippen LogP contribution in [0, 0.1) is 6.92 Å². The van der Waals surface area contributed by atoms with Gasteiger partial charge in [0.1, 0.15) is 17.0 Å². The second-order valence-corrected chi connectivity index (χ2v) is 8.56. The molecule has 0 saturated carbocycles. The van der Waals surface area contributed by atoms with E-state index in [0.717, 1.165) is 23.2 Å². The van der Waals surface area contributed by atoms with E-state index in [0.29, 0.717) is 33.7 Å². The summed E-state index contributed by atoms with van der Waals surface area (Å²) in [5, 5.41) is 1.18. The monoisotopic (exact) mass is 447 g/mol. The fourth-order valence-corrected chi connectivity index (χ4v) is 4.33. The third-order valence-corrected chi connectivity index (χ3v) is 6.17. The minimum atomic E-state index is -0.147. The number of para-hydroxylation sites is 1. The Morgan fingerprint density at radius 1 is 1.13 bits per heavy atom. The van der Waals surface area contributed by atoms with Gasteiger partial charge in [-0.3, -0.25) is 9.69 Å². The first-order chi connectivity index (χ1) is 14.4. The van der Waals surface area contributed by atoms with Crippen LogP contribution in [-0.4, -0.2) is 56.7 Å². The van der Waals surface area contributed by atoms with E-state index in [9.17, 15) is 4.79 Å². The summed E-state index contributed by atoms with van der Waals surface area (Å²) in [4.78, 5) is 21.6. The number of anilines is 1. The largest absolute Gasteiger partial charge is 0.494 e. The van der Waals surface area contributed by atoms with Gasteiger partial charge in [0.15, 0.2) is 11.7 Å². The normalized spacial score (nSPS) is 11.1. The molecule has 0 spiro atoms. The predicted octanol–water partition coefficient (Wildman–Crippen LogP) is 4.63. The number of carbonyl (C=O) groups excluding carboxylic acids is 1. The summed E-state index contributed by atoms with van der Waals surface area (Å²) < 4.78 is 12.0. The van der Waals surface area contributed by atoms with Crippen molar-refractivity contribution in [1.82, 2.24) is 9.88 Å². The number of halogens is 1. The number of fused-ring (bicyclic) bond motifs is 1. The molecule has 0 aliphatic rings. The number of aromatic nitrogens is 1. The Hall–Kier alpha value is -2.35. The minimum Gasteiger partial charge on any atom is -0.494 e. The molecule has 3 aromatic rings. The molecule has 1 heterocycles. The summed E-state index contributed by atoms with van der Waals surface area (Å²) in [6.45, 7) is 3.29. The molecule has 0 radical (unpaired) electrons. The van der Waals surface area contributed by atoms with E-state index in [1.54, 1.807) is 24.1 Å². The van der Waals surface area contributed by atoms with Gasteiger partial charge in [-0.2, -0.15) is 0 Å². The van der Waals surface area contributed by atoms with Crippen LogP contribution in [0.1, 0.15) is 12.0 Å². The van der Waals surface area contributed by atoms with Crippen LogP contribution in [-0.2, 0) is 4.79 Å². The van der Waals surface area contributed by atoms with Crippen molar-refractivity contribution in [3.63, 3.8) is 0 Å². The predicted molar refractivity (Wildman–Crippen MR) is 123 cm³/mol. The van der Waals surface area contributed by atoms with Crippen LogP contribution < -0.4 is 14.4 Å². The Balaban J connectivity index is 1.86. The fraction of sp³-hybridized carbons (Fsp3) is 0.364. The molecule has 6 nitrogen and oxygen atoms in total. The maximum atomic E-state index is 13.1. The highest BCUT2D eigenvalue weighted by Gasteiger charge is 2.22. The van der Waals surface area contributed by atoms with Crippen LogP contribution >= 0.6 is 22.9 Å². The Kier molecular flexibility index (Phi) is 7.53. The average Bonchev–Trinajstić information content (AvgIpc) is 3.16. The van der Waals surface area contributed by atoms with Gasteiger partial charge < -0.3 is 14.4 Å². The number of benzene rings is 2. The van der Waals surface area contributed by atoms with Gasteiger partial charge >= 0.3 is 0 Å². The molecule has 2 aromatic carbocycles. The summed E-state index contributed by atoms with van der Waals surface area (Å²) in [5.41, 5.74) is 1.65. The molecule has 160 valence electrons. The third-order valence-electron chi connectivity index (χ3n) is 4.63. The van der Waals surface area contributed by atoms with E-state index in [1.807, 2.05) is 45.3 Å². The van der Waals surface area contributed by atoms with Crippen molar-refractivity contribution in [2.45, 2.75) is 13.3 Å². The smallest absolute Gasteiger partial charge is 0.266 e. The summed E-state index contributed by atoms with van der Waals surface area (Å²) >= 11 is 7.75. The summed E-state index contributed by atoms with van der Waals surface area (Å²) in [6.07, 6.45) is 0.809. The quantitative estimate of drug-likeness (QED) is 0.478. The molecule has 1 amide bonds. The molecular formula is C22H26ClN3O3S. The number of amides is 1. The molecule has 8 heteroatoms. The van der Waals surface area contributed by atoms with Gasteiger partial charge in [0.05, 0.1) is 16.8 Å². The number of aryl methyl sites for hydroxylation is 1. The van der Waals surface area contributed by atoms with Gasteiger partial charge in [-0.15, -0.1) is 0 Å². The minimum absolute atomic E-state index is 0.0619. The summed E-state index contributed by atoms with van der Waals surface area (Å²) in [7, 11) is 5.61. The number of methoxy groups -OCH3 is 1. The molecule has 0 aliphatic heterocycles. The molecule has 3 rings (SSSR count). The number of ether oxygens (including phenoxy) is 2. The zero-order chi connectivity index (χ0) is 21.7. The summed E-state index contributed by atoms with van der Waals surface area (Å²) in [5.74, 6) is 1.19. The first kappa shape index (κ1) is 22.3. The van der Waals surface area contributed by atoms with Crippen LogP contribution in [0.15, 0.2) is 36.4 Å². The van der Waals surface area contributed by atoms with Crippen LogP contribution in [0.5, 0.6) is 11.5 Å². The topological polar surface area (TPSA) is 54.9 Å². The molecule has 0 aliphatic carbocycles. The van der Waals surface area contributed by atoms with Gasteiger partial charge in [0.2, 0.25) is 0 Å². The zero-order valence-corrected chi connectivity index (χ0v) is 19.2. The van der Waals surface area contributed by atoms with Crippen molar-refractivity contribution in [2.75, 3.05) is 45.8 Å². The average molecular weight is 448 g/mol. The second kappa shape index (κ2) is 10.1. The van der Waals surface area contributed by atoms with Crippen LogP contribution in [0.3, 0.4) is 0 Å². The van der Waals surface area contributed by atoms with Gasteiger partial charge in [-0.05, 0) is 57.7 Å². The van der Waals surface area contributed by atoms with E-state index >= 15 is 0 Å². The van der Waals surface area contributed by atoms with Crippen molar-refractivity contribution in [3.05, 3.63) is 47.0 Å². The van der Waals surface area contributed by atoms with E-state index in [1.165, 1.54) is 11.3 Å². The molecule has 0 atom stereocenters. The van der Waals surface area contributed by atoms with Gasteiger partial charge in [0, 0.05) is 6.54 Å². The number of nitrogens with zero attached hydrogens (tertiary/aromatic N) is 3. The lowest BCUT2D eigenvalue weighted by molar-refractivity contribution is -0.120. The number of hydrogen-bond acceptors (Lipinski definition) is 6. The Labute approximate surface area is 186 Å². The maximum Gasteiger partial charge on any atom is 0.266 e. The molecular weight excluding hydrogens is 422 g/mol. The highest BCUT2D eigenvalue weighted by Crippen LogP contribution is 2.38. The Bertz CT molecular complexity index is 1020. The molecule has 0 saturated heterocycles. The van der Waals surface area contributed by atoms with E-state index in [4.69, 9.17) is 21.1 Å². The van der Waals surface area contributed by atoms with Gasteiger partial charge in [0.25, 0.3) is 5.91 Å². The number of thiazole rings is 1. The van der Waals surface area contributed by atoms with E-state index in [-0.39, 0.29) is 12.5 Å². The van der Waals surface area contributed by atoms with E-state index in [2.05, 4.69) is 9.88 Å². The lowest BCUT2D eigenvalue weighted by Crippen LogP contribution is -2.36. The van der Waals surface area contributed by atoms with Crippen LogP contribution in [0.25, 0.3) is 10.2 Å². The highest BCUT2D eigenvalue weighted by atomic mass is 35.5. The lowest BCUT2D eigenvalue weighted by Gasteiger charge is -2.21. The standard InChI is InChI=1S/C22H26ClN3O3S/c1-15-8-5-6-9-17(15)29-14-19(27)26(13-7-12-25(2)3)22-24-20-18(28-4)11-10-16(23)21(20)30-22/h5-6,8-11H,7,12-14H2,1-4H3. The van der Waals surface area contributed by atoms with Crippen LogP contribution in [0.4, 0.5) is 5.13 Å². The van der Waals surface area contributed by atoms with Crippen molar-refractivity contribution in [1.29, 1.82) is 0 Å². The van der Waals surface area contributed by atoms with Crippen molar-refractivity contribution < 1.29 is 14.3 Å². The second-order valence-electron chi connectivity index (χ2n) is 7.18. The molecule has 0 fully saturated rings. The molecule has 0 unspecified atom stereocenters. The van der Waals surface area contributed by atoms with Crippen molar-refractivity contribution >= 4 is 44.2 Å². The molecule has 0 bridgehead atoms. The zero-order valence-electron chi connectivity index (χ0n) is 17.6. The first-order valence-electron chi connectivity index (χ1n) is 9.67. The number of rotatable bonds is 9. The van der Waals surface area contributed by atoms with Crippen LogP contribution in [0.2, 0.25) is 5.02 Å². The van der Waals surface area contributed by atoms with Gasteiger partial charge in [-0.1, -0.05) is 41.1 Å². The van der Waals surface area contributed by atoms with Crippen molar-refractivity contribution in [3.8, 4) is 11.5 Å². The summed E-state index contributed by atoms with van der Waals surface area (Å²) in [6, 6.07) is 11.2. The van der Waals surface area contributed by atoms with E-state index < -0.39 is 0 Å². The highest BCUT2D eigenvalue weighted by molar-refractivity contribution is 7.23. The number of hydrogen-bond donors (Lipinski definition) is 0. The molecule has 1 aromatic heterocycles. The number of carbonyl (C=O) groups is 1. The fourth-order valence-electron chi connectivity index (χ4n) is 3.03. The molecule has 0 N–H and O–H groups in total. The SMILES string of the molecule is COc1ccc(Cl)c2sc(N(CCCN(C)C)C(=O)COc3ccccc3C)nc12. The first-order valence-corrected chi connectivity index (χ1v) is 10.9. The van der Waals surface area contributed by atoms with Crippen molar-refractivity contribution in [2.24, 2.45) is 0 Å².